The van der Waals surface area contributed by atoms with Crippen molar-refractivity contribution in [2.45, 2.75) is 20.4 Å². The first-order chi connectivity index (χ1) is 11.6. The predicted molar refractivity (Wildman–Crippen MR) is 90.2 cm³/mol. The van der Waals surface area contributed by atoms with Gasteiger partial charge in [-0.25, -0.2) is 9.37 Å². The average molecular weight is 321 g/mol. The van der Waals surface area contributed by atoms with Crippen LogP contribution in [0.25, 0.3) is 22.5 Å². The lowest BCUT2D eigenvalue weighted by Crippen LogP contribution is -2.03. The molecule has 24 heavy (non-hydrogen) atoms. The minimum absolute atomic E-state index is 0.235. The molecule has 2 heterocycles. The topological polar surface area (TPSA) is 43.9 Å². The van der Waals surface area contributed by atoms with E-state index in [4.69, 9.17) is 4.42 Å². The number of nitrogens with zero attached hydrogens (tertiary/aromatic N) is 3. The minimum atomic E-state index is -0.235. The molecular weight excluding hydrogens is 305 g/mol. The van der Waals surface area contributed by atoms with Crippen molar-refractivity contribution in [1.29, 1.82) is 0 Å². The van der Waals surface area contributed by atoms with Crippen molar-refractivity contribution < 1.29 is 8.81 Å². The molecule has 0 fully saturated rings. The van der Waals surface area contributed by atoms with E-state index in [2.05, 4.69) is 10.1 Å². The van der Waals surface area contributed by atoms with Gasteiger partial charge in [-0.05, 0) is 26.0 Å². The summed E-state index contributed by atoms with van der Waals surface area (Å²) in [6.07, 6.45) is 0. The highest BCUT2D eigenvalue weighted by Gasteiger charge is 2.18. The van der Waals surface area contributed by atoms with Crippen LogP contribution < -0.4 is 0 Å². The Balaban J connectivity index is 1.87. The third-order valence-electron chi connectivity index (χ3n) is 4.17. The van der Waals surface area contributed by atoms with Crippen molar-refractivity contribution in [3.63, 3.8) is 0 Å². The van der Waals surface area contributed by atoms with E-state index in [0.717, 1.165) is 22.4 Å². The fourth-order valence-corrected chi connectivity index (χ4v) is 2.77. The molecule has 2 aromatic carbocycles. The van der Waals surface area contributed by atoms with Gasteiger partial charge in [-0.1, -0.05) is 36.4 Å². The number of aryl methyl sites for hydroxylation is 2. The molecule has 0 radical (unpaired) electrons. The van der Waals surface area contributed by atoms with Crippen molar-refractivity contribution in [3.8, 4) is 11.6 Å². The molecule has 0 saturated heterocycles. The van der Waals surface area contributed by atoms with Crippen LogP contribution in [0.4, 0.5) is 4.39 Å². The first kappa shape index (κ1) is 14.6. The summed E-state index contributed by atoms with van der Waals surface area (Å²) in [7, 11) is 0. The monoisotopic (exact) mass is 321 g/mol. The van der Waals surface area contributed by atoms with Gasteiger partial charge in [0.05, 0.1) is 17.8 Å². The molecule has 0 saturated carbocycles. The number of rotatable bonds is 3. The highest BCUT2D eigenvalue weighted by atomic mass is 19.1. The maximum Gasteiger partial charge on any atom is 0.248 e. The number of fused-ring (bicyclic) bond motifs is 1. The van der Waals surface area contributed by atoms with Gasteiger partial charge in [-0.3, -0.25) is 4.68 Å². The van der Waals surface area contributed by atoms with Gasteiger partial charge in [0.15, 0.2) is 5.69 Å². The third kappa shape index (κ3) is 2.38. The van der Waals surface area contributed by atoms with E-state index in [1.165, 1.54) is 6.07 Å². The van der Waals surface area contributed by atoms with Crippen LogP contribution in [-0.4, -0.2) is 14.8 Å². The minimum Gasteiger partial charge on any atom is -0.440 e. The summed E-state index contributed by atoms with van der Waals surface area (Å²) in [4.78, 5) is 4.45. The Kier molecular flexibility index (Phi) is 3.41. The van der Waals surface area contributed by atoms with E-state index in [1.807, 2.05) is 44.2 Å². The summed E-state index contributed by atoms with van der Waals surface area (Å²) in [5, 5.41) is 5.58. The summed E-state index contributed by atoms with van der Waals surface area (Å²) in [5.74, 6) is 1.03. The van der Waals surface area contributed by atoms with Gasteiger partial charge in [0, 0.05) is 10.9 Å². The summed E-state index contributed by atoms with van der Waals surface area (Å²) >= 11 is 0. The maximum atomic E-state index is 14.0. The molecule has 0 amide bonds. The van der Waals surface area contributed by atoms with Crippen molar-refractivity contribution in [1.82, 2.24) is 14.8 Å². The van der Waals surface area contributed by atoms with E-state index in [-0.39, 0.29) is 5.82 Å². The zero-order valence-electron chi connectivity index (χ0n) is 13.5. The van der Waals surface area contributed by atoms with Gasteiger partial charge in [0.25, 0.3) is 0 Å². The van der Waals surface area contributed by atoms with Crippen LogP contribution in [-0.2, 0) is 6.54 Å². The summed E-state index contributed by atoms with van der Waals surface area (Å²) in [6.45, 7) is 4.14. The Morgan fingerprint density at radius 1 is 1.04 bits per heavy atom. The van der Waals surface area contributed by atoms with Crippen LogP contribution in [0.5, 0.6) is 0 Å². The number of halogens is 1. The average Bonchev–Trinajstić information content (AvgIpc) is 3.11. The second-order valence-corrected chi connectivity index (χ2v) is 5.78. The first-order valence-electron chi connectivity index (χ1n) is 7.77. The smallest absolute Gasteiger partial charge is 0.248 e. The molecule has 0 unspecified atom stereocenters. The van der Waals surface area contributed by atoms with Crippen molar-refractivity contribution in [2.24, 2.45) is 0 Å². The number of oxazole rings is 1. The van der Waals surface area contributed by atoms with Crippen LogP contribution in [0.3, 0.4) is 0 Å². The molecule has 0 aliphatic heterocycles. The van der Waals surface area contributed by atoms with E-state index in [0.29, 0.717) is 23.7 Å². The van der Waals surface area contributed by atoms with Crippen molar-refractivity contribution >= 4 is 10.9 Å². The van der Waals surface area contributed by atoms with E-state index in [9.17, 15) is 4.39 Å². The lowest BCUT2D eigenvalue weighted by Gasteiger charge is -2.04. The molecule has 2 aromatic heterocycles. The van der Waals surface area contributed by atoms with Crippen LogP contribution >= 0.6 is 0 Å². The molecule has 4 rings (SSSR count). The van der Waals surface area contributed by atoms with Gasteiger partial charge in [0.1, 0.15) is 11.6 Å². The highest BCUT2D eigenvalue weighted by molar-refractivity contribution is 5.91. The van der Waals surface area contributed by atoms with Crippen LogP contribution in [0.1, 0.15) is 17.0 Å². The summed E-state index contributed by atoms with van der Waals surface area (Å²) in [5.41, 5.74) is 3.04. The molecule has 0 aliphatic rings. The molecular formula is C19H16FN3O. The molecule has 5 heteroatoms. The van der Waals surface area contributed by atoms with Crippen LogP contribution in [0.2, 0.25) is 0 Å². The first-order valence-corrected chi connectivity index (χ1v) is 7.77. The Labute approximate surface area is 138 Å². The number of para-hydroxylation sites is 1. The van der Waals surface area contributed by atoms with Crippen molar-refractivity contribution in [2.75, 3.05) is 0 Å². The Bertz CT molecular complexity index is 1010. The molecule has 4 aromatic rings. The van der Waals surface area contributed by atoms with E-state index >= 15 is 0 Å². The molecule has 4 nitrogen and oxygen atoms in total. The molecule has 0 atom stereocenters. The third-order valence-corrected chi connectivity index (χ3v) is 4.17. The van der Waals surface area contributed by atoms with E-state index < -0.39 is 0 Å². The molecule has 0 aliphatic carbocycles. The second-order valence-electron chi connectivity index (χ2n) is 5.78. The zero-order valence-corrected chi connectivity index (χ0v) is 13.5. The van der Waals surface area contributed by atoms with Gasteiger partial charge in [-0.15, -0.1) is 0 Å². The maximum absolute atomic E-state index is 14.0. The summed E-state index contributed by atoms with van der Waals surface area (Å²) < 4.78 is 21.5. The lowest BCUT2D eigenvalue weighted by atomic mass is 10.2. The largest absolute Gasteiger partial charge is 0.440 e. The molecule has 0 N–H and O–H groups in total. The van der Waals surface area contributed by atoms with Crippen molar-refractivity contribution in [3.05, 3.63) is 71.4 Å². The van der Waals surface area contributed by atoms with E-state index in [1.54, 1.807) is 16.8 Å². The Hall–Kier alpha value is -2.95. The van der Waals surface area contributed by atoms with Crippen LogP contribution in [0.15, 0.2) is 52.9 Å². The van der Waals surface area contributed by atoms with Gasteiger partial charge in [0.2, 0.25) is 5.89 Å². The Morgan fingerprint density at radius 2 is 1.79 bits per heavy atom. The predicted octanol–water partition coefficient (Wildman–Crippen LogP) is 4.50. The normalized spacial score (nSPS) is 11.3. The number of hydrogen-bond donors (Lipinski definition) is 0. The zero-order chi connectivity index (χ0) is 16.7. The highest BCUT2D eigenvalue weighted by Crippen LogP contribution is 2.29. The number of hydrogen-bond acceptors (Lipinski definition) is 3. The molecule has 0 spiro atoms. The summed E-state index contributed by atoms with van der Waals surface area (Å²) in [6, 6.07) is 14.6. The second kappa shape index (κ2) is 5.60. The molecule has 0 bridgehead atoms. The lowest BCUT2D eigenvalue weighted by molar-refractivity contribution is 0.536. The SMILES string of the molecule is Cc1nc(-c2nn(Cc3ccccc3F)c3ccccc23)oc1C. The Morgan fingerprint density at radius 3 is 2.54 bits per heavy atom. The van der Waals surface area contributed by atoms with Gasteiger partial charge < -0.3 is 4.42 Å². The molecule has 120 valence electrons. The van der Waals surface area contributed by atoms with Gasteiger partial charge in [-0.2, -0.15) is 5.10 Å². The fourth-order valence-electron chi connectivity index (χ4n) is 2.77. The van der Waals surface area contributed by atoms with Gasteiger partial charge >= 0.3 is 0 Å². The fraction of sp³-hybridized carbons (Fsp3) is 0.158. The number of aromatic nitrogens is 3. The van der Waals surface area contributed by atoms with Crippen LogP contribution in [0, 0.1) is 19.7 Å². The number of benzene rings is 2. The quantitative estimate of drug-likeness (QED) is 0.558. The standard InChI is InChI=1S/C19H16FN3O/c1-12-13(2)24-19(21-12)18-15-8-4-6-10-17(15)23(22-18)11-14-7-3-5-9-16(14)20/h3-10H,11H2,1-2H3.